The van der Waals surface area contributed by atoms with Crippen molar-refractivity contribution in [3.63, 3.8) is 0 Å². The summed E-state index contributed by atoms with van der Waals surface area (Å²) < 4.78 is -1.75. The van der Waals surface area contributed by atoms with Gasteiger partial charge in [0, 0.05) is 37.1 Å². The monoisotopic (exact) mass is 408 g/mol. The smallest absolute Gasteiger partial charge is 0.250 e. The number of nitrogens with one attached hydrogen (secondary N) is 1. The van der Waals surface area contributed by atoms with Gasteiger partial charge in [-0.05, 0) is 6.92 Å². The van der Waals surface area contributed by atoms with E-state index < -0.39 is 3.79 Å². The summed E-state index contributed by atoms with van der Waals surface area (Å²) in [6, 6.07) is 7.76. The summed E-state index contributed by atoms with van der Waals surface area (Å²) >= 11 is 17.9. The Morgan fingerprint density at radius 1 is 1.00 bits per heavy atom. The molecule has 0 aliphatic carbocycles. The van der Waals surface area contributed by atoms with Crippen LogP contribution in [-0.2, 0) is 10.2 Å². The van der Waals surface area contributed by atoms with Gasteiger partial charge in [-0.25, -0.2) is 4.98 Å². The number of nitrogens with zero attached hydrogens (tertiary/aromatic N) is 5. The van der Waals surface area contributed by atoms with Crippen LogP contribution in [0.5, 0.6) is 0 Å². The lowest BCUT2D eigenvalue weighted by Gasteiger charge is -2.13. The molecule has 6 nitrogen and oxygen atoms in total. The summed E-state index contributed by atoms with van der Waals surface area (Å²) in [5.74, 6) is 0.833. The Morgan fingerprint density at radius 3 is 2.42 bits per heavy atom. The average Bonchev–Trinajstić information content (AvgIpc) is 2.62. The summed E-state index contributed by atoms with van der Waals surface area (Å²) in [7, 11) is 0. The van der Waals surface area contributed by atoms with E-state index in [1.54, 1.807) is 18.6 Å². The molecule has 134 valence electrons. The second-order valence-corrected chi connectivity index (χ2v) is 7.82. The van der Waals surface area contributed by atoms with Crippen molar-refractivity contribution >= 4 is 40.8 Å². The Balaban J connectivity index is 1.84. The lowest BCUT2D eigenvalue weighted by Crippen LogP contribution is -2.15. The van der Waals surface area contributed by atoms with Crippen molar-refractivity contribution in [1.82, 2.24) is 24.9 Å². The lowest BCUT2D eigenvalue weighted by atomic mass is 10.1. The molecule has 3 aromatic rings. The minimum absolute atomic E-state index is 0.0649. The number of benzene rings is 1. The van der Waals surface area contributed by atoms with Gasteiger partial charge in [-0.1, -0.05) is 64.6 Å². The number of alkyl halides is 3. The van der Waals surface area contributed by atoms with Crippen molar-refractivity contribution in [3.8, 4) is 11.4 Å². The van der Waals surface area contributed by atoms with Gasteiger partial charge in [0.25, 0.3) is 0 Å². The van der Waals surface area contributed by atoms with E-state index in [0.717, 1.165) is 16.8 Å². The minimum atomic E-state index is -1.75. The molecule has 1 N–H and O–H groups in total. The fourth-order valence-electron chi connectivity index (χ4n) is 2.17. The van der Waals surface area contributed by atoms with Gasteiger partial charge in [0.2, 0.25) is 9.74 Å². The zero-order valence-corrected chi connectivity index (χ0v) is 16.1. The highest BCUT2D eigenvalue weighted by Crippen LogP contribution is 2.36. The van der Waals surface area contributed by atoms with Crippen LogP contribution in [-0.4, -0.2) is 31.5 Å². The molecular formula is C17H15Cl3N6. The van der Waals surface area contributed by atoms with Gasteiger partial charge in [0.1, 0.15) is 0 Å². The van der Waals surface area contributed by atoms with Crippen molar-refractivity contribution in [1.29, 1.82) is 0 Å². The van der Waals surface area contributed by atoms with E-state index in [2.05, 4.69) is 30.2 Å². The Hall–Kier alpha value is -2.02. The molecule has 0 fully saturated rings. The maximum atomic E-state index is 5.98. The highest BCUT2D eigenvalue weighted by atomic mass is 35.6. The molecule has 0 radical (unpaired) electrons. The minimum Gasteiger partial charge on any atom is -0.354 e. The molecule has 0 bridgehead atoms. The van der Waals surface area contributed by atoms with Gasteiger partial charge in [0.15, 0.2) is 11.6 Å². The van der Waals surface area contributed by atoms with E-state index in [1.807, 2.05) is 31.2 Å². The van der Waals surface area contributed by atoms with Crippen LogP contribution in [0.25, 0.3) is 11.4 Å². The number of hydrogen-bond donors (Lipinski definition) is 1. The molecule has 0 unspecified atom stereocenters. The molecule has 1 aromatic carbocycles. The third-order valence-electron chi connectivity index (χ3n) is 3.48. The molecular weight excluding hydrogens is 395 g/mol. The van der Waals surface area contributed by atoms with Crippen molar-refractivity contribution in [3.05, 3.63) is 59.9 Å². The second kappa shape index (κ2) is 8.12. The first-order chi connectivity index (χ1) is 12.4. The van der Waals surface area contributed by atoms with E-state index in [4.69, 9.17) is 34.8 Å². The Labute approximate surface area is 166 Å². The first kappa shape index (κ1) is 18.8. The molecule has 26 heavy (non-hydrogen) atoms. The fourth-order valence-corrected chi connectivity index (χ4v) is 2.43. The molecule has 2 aromatic heterocycles. The van der Waals surface area contributed by atoms with Gasteiger partial charge >= 0.3 is 0 Å². The van der Waals surface area contributed by atoms with E-state index in [9.17, 15) is 0 Å². The second-order valence-electron chi connectivity index (χ2n) is 5.54. The first-order valence-electron chi connectivity index (χ1n) is 7.81. The highest BCUT2D eigenvalue weighted by Gasteiger charge is 2.28. The predicted molar refractivity (Wildman–Crippen MR) is 103 cm³/mol. The van der Waals surface area contributed by atoms with Gasteiger partial charge in [-0.2, -0.15) is 9.97 Å². The predicted octanol–water partition coefficient (Wildman–Crippen LogP) is 4.12. The quantitative estimate of drug-likeness (QED) is 0.639. The third kappa shape index (κ3) is 5.00. The summed E-state index contributed by atoms with van der Waals surface area (Å²) in [5, 5.41) is 3.12. The van der Waals surface area contributed by atoms with Crippen LogP contribution >= 0.6 is 34.8 Å². The number of anilines is 1. The van der Waals surface area contributed by atoms with Crippen molar-refractivity contribution < 1.29 is 0 Å². The van der Waals surface area contributed by atoms with E-state index in [-0.39, 0.29) is 5.82 Å². The molecule has 0 saturated carbocycles. The molecule has 0 atom stereocenters. The number of rotatable bonds is 5. The molecule has 0 amide bonds. The van der Waals surface area contributed by atoms with Gasteiger partial charge in [-0.3, -0.25) is 9.97 Å². The largest absolute Gasteiger partial charge is 0.354 e. The van der Waals surface area contributed by atoms with Crippen molar-refractivity contribution in [2.45, 2.75) is 17.1 Å². The maximum absolute atomic E-state index is 5.98. The SMILES string of the molecule is Cc1ccc(-c2nc(NCCc3cnccn3)nc(C(Cl)(Cl)Cl)n2)cc1. The standard InChI is InChI=1S/C17H15Cl3N6/c1-11-2-4-12(5-3-11)14-24-15(17(18,19)20)26-16(25-14)23-7-6-13-10-21-8-9-22-13/h2-5,8-10H,6-7H2,1H3,(H,23,24,25,26). The zero-order chi connectivity index (χ0) is 18.6. The Kier molecular flexibility index (Phi) is 5.86. The molecule has 3 rings (SSSR count). The third-order valence-corrected chi connectivity index (χ3v) is 3.99. The molecule has 0 spiro atoms. The van der Waals surface area contributed by atoms with Crippen molar-refractivity contribution in [2.75, 3.05) is 11.9 Å². The highest BCUT2D eigenvalue weighted by molar-refractivity contribution is 6.66. The molecule has 0 saturated heterocycles. The van der Waals surface area contributed by atoms with Crippen LogP contribution in [0.1, 0.15) is 17.1 Å². The van der Waals surface area contributed by atoms with Crippen LogP contribution in [0.15, 0.2) is 42.9 Å². The van der Waals surface area contributed by atoms with Crippen LogP contribution in [0.3, 0.4) is 0 Å². The van der Waals surface area contributed by atoms with E-state index in [1.165, 1.54) is 0 Å². The summed E-state index contributed by atoms with van der Waals surface area (Å²) in [6.45, 7) is 2.55. The van der Waals surface area contributed by atoms with Gasteiger partial charge in [-0.15, -0.1) is 0 Å². The van der Waals surface area contributed by atoms with E-state index >= 15 is 0 Å². The van der Waals surface area contributed by atoms with Gasteiger partial charge in [0.05, 0.1) is 5.69 Å². The first-order valence-corrected chi connectivity index (χ1v) is 8.94. The van der Waals surface area contributed by atoms with E-state index in [0.29, 0.717) is 24.7 Å². The Morgan fingerprint density at radius 2 is 1.77 bits per heavy atom. The lowest BCUT2D eigenvalue weighted by molar-refractivity contribution is 0.889. The normalized spacial score (nSPS) is 11.4. The topological polar surface area (TPSA) is 76.5 Å². The number of aryl methyl sites for hydroxylation is 1. The average molecular weight is 410 g/mol. The summed E-state index contributed by atoms with van der Waals surface area (Å²) in [6.07, 6.45) is 5.64. The number of hydrogen-bond acceptors (Lipinski definition) is 6. The van der Waals surface area contributed by atoms with Crippen molar-refractivity contribution in [2.24, 2.45) is 0 Å². The van der Waals surface area contributed by atoms with Crippen LogP contribution < -0.4 is 5.32 Å². The maximum Gasteiger partial charge on any atom is 0.250 e. The number of aromatic nitrogens is 5. The molecule has 0 aliphatic rings. The number of halogens is 3. The molecule has 9 heteroatoms. The zero-order valence-electron chi connectivity index (χ0n) is 13.8. The summed E-state index contributed by atoms with van der Waals surface area (Å²) in [4.78, 5) is 21.2. The fraction of sp³-hybridized carbons (Fsp3) is 0.235. The molecule has 2 heterocycles. The van der Waals surface area contributed by atoms with Crippen LogP contribution in [0.4, 0.5) is 5.95 Å². The Bertz CT molecular complexity index is 866. The van der Waals surface area contributed by atoms with Crippen LogP contribution in [0.2, 0.25) is 0 Å². The van der Waals surface area contributed by atoms with Crippen LogP contribution in [0, 0.1) is 6.92 Å². The molecule has 0 aliphatic heterocycles. The summed E-state index contributed by atoms with van der Waals surface area (Å²) in [5.41, 5.74) is 2.80. The van der Waals surface area contributed by atoms with Gasteiger partial charge < -0.3 is 5.32 Å².